The zero-order chi connectivity index (χ0) is 27.3. The van der Waals surface area contributed by atoms with Gasteiger partial charge in [0.15, 0.2) is 17.2 Å². The Hall–Kier alpha value is -4.70. The van der Waals surface area contributed by atoms with Gasteiger partial charge in [-0.05, 0) is 25.3 Å². The molecule has 40 heavy (non-hydrogen) atoms. The predicted octanol–water partition coefficient (Wildman–Crippen LogP) is 4.13. The summed E-state index contributed by atoms with van der Waals surface area (Å²) in [5, 5.41) is 20.7. The summed E-state index contributed by atoms with van der Waals surface area (Å²) in [6.45, 7) is 1.88. The summed E-state index contributed by atoms with van der Waals surface area (Å²) in [5.74, 6) is 2.12. The molecule has 13 heteroatoms. The molecule has 204 valence electrons. The second kappa shape index (κ2) is 9.49. The lowest BCUT2D eigenvalue weighted by molar-refractivity contribution is 0.0931. The molecule has 0 aromatic carbocycles. The van der Waals surface area contributed by atoms with Gasteiger partial charge >= 0.3 is 6.09 Å². The fourth-order valence-corrected chi connectivity index (χ4v) is 5.76. The Morgan fingerprint density at radius 2 is 2.15 bits per heavy atom. The standard InChI is InChI=1S/C27H27N9O4/c1-35-23-18(13-28)19(39-16-3-8-29-21(11-16)32-26(37)40-17-4-10-38-15-17)14-30-24(23)33-25(35)31-22-12-20-27(5-2-6-27)7-9-36(20)34-22/h3,8,11-12,14,17H,2,4-7,9-10,15H2,1H3,(H,29,32,37)(H,30,31,33,34)/t17-/m1/s1. The van der Waals surface area contributed by atoms with Crippen LogP contribution in [-0.4, -0.2) is 54.7 Å². The number of fused-ring (bicyclic) bond motifs is 3. The summed E-state index contributed by atoms with van der Waals surface area (Å²) in [6.07, 6.45) is 7.59. The summed E-state index contributed by atoms with van der Waals surface area (Å²) in [6, 6.07) is 7.51. The molecule has 7 rings (SSSR count). The van der Waals surface area contributed by atoms with Crippen molar-refractivity contribution in [3.8, 4) is 17.6 Å². The Balaban J connectivity index is 1.11. The van der Waals surface area contributed by atoms with Gasteiger partial charge in [0.05, 0.1) is 19.4 Å². The van der Waals surface area contributed by atoms with Crippen LogP contribution in [0.4, 0.5) is 22.4 Å². The normalized spacial score (nSPS) is 18.8. The second-order valence-corrected chi connectivity index (χ2v) is 10.4. The van der Waals surface area contributed by atoms with Crippen LogP contribution in [0.3, 0.4) is 0 Å². The van der Waals surface area contributed by atoms with Crippen LogP contribution in [0.25, 0.3) is 11.2 Å². The summed E-state index contributed by atoms with van der Waals surface area (Å²) in [5.41, 5.74) is 2.79. The zero-order valence-electron chi connectivity index (χ0n) is 21.9. The third kappa shape index (κ3) is 4.17. The van der Waals surface area contributed by atoms with Gasteiger partial charge < -0.3 is 24.1 Å². The number of amides is 1. The molecule has 0 radical (unpaired) electrons. The van der Waals surface area contributed by atoms with Gasteiger partial charge in [0.25, 0.3) is 0 Å². The number of pyridine rings is 2. The molecule has 2 aliphatic heterocycles. The van der Waals surface area contributed by atoms with Crippen molar-refractivity contribution in [3.05, 3.63) is 41.9 Å². The van der Waals surface area contributed by atoms with E-state index in [1.165, 1.54) is 37.4 Å². The van der Waals surface area contributed by atoms with E-state index in [0.717, 1.165) is 18.8 Å². The number of carbonyl (C=O) groups excluding carboxylic acids is 1. The Kier molecular flexibility index (Phi) is 5.78. The first-order valence-electron chi connectivity index (χ1n) is 13.3. The van der Waals surface area contributed by atoms with Gasteiger partial charge in [-0.3, -0.25) is 10.00 Å². The van der Waals surface area contributed by atoms with Crippen molar-refractivity contribution in [1.29, 1.82) is 5.26 Å². The van der Waals surface area contributed by atoms with Crippen molar-refractivity contribution in [2.45, 2.75) is 50.2 Å². The average molecular weight is 542 g/mol. The fourth-order valence-electron chi connectivity index (χ4n) is 5.76. The van der Waals surface area contributed by atoms with Gasteiger partial charge in [-0.1, -0.05) is 6.42 Å². The molecule has 2 fully saturated rings. The Morgan fingerprint density at radius 1 is 1.25 bits per heavy atom. The highest BCUT2D eigenvalue weighted by molar-refractivity contribution is 5.85. The molecule has 1 atom stereocenters. The first-order valence-corrected chi connectivity index (χ1v) is 13.3. The van der Waals surface area contributed by atoms with Gasteiger partial charge in [0, 0.05) is 49.5 Å². The maximum atomic E-state index is 12.2. The third-order valence-corrected chi connectivity index (χ3v) is 8.00. The summed E-state index contributed by atoms with van der Waals surface area (Å²) in [7, 11) is 1.82. The minimum absolute atomic E-state index is 0.247. The van der Waals surface area contributed by atoms with E-state index in [0.29, 0.717) is 42.5 Å². The number of nitrogens with zero attached hydrogens (tertiary/aromatic N) is 7. The van der Waals surface area contributed by atoms with Crippen LogP contribution in [0.2, 0.25) is 0 Å². The zero-order valence-corrected chi connectivity index (χ0v) is 21.9. The van der Waals surface area contributed by atoms with E-state index in [1.54, 1.807) is 16.7 Å². The van der Waals surface area contributed by atoms with Crippen LogP contribution >= 0.6 is 0 Å². The molecule has 0 bridgehead atoms. The summed E-state index contributed by atoms with van der Waals surface area (Å²) in [4.78, 5) is 25.4. The van der Waals surface area contributed by atoms with E-state index in [2.05, 4.69) is 42.4 Å². The third-order valence-electron chi connectivity index (χ3n) is 8.00. The lowest BCUT2D eigenvalue weighted by Gasteiger charge is -2.37. The molecule has 6 heterocycles. The number of rotatable bonds is 6. The maximum Gasteiger partial charge on any atom is 0.413 e. The SMILES string of the molecule is Cn1c(Nc2cc3n(n2)CCC32CCC2)nc2ncc(Oc3ccnc(NC(=O)O[C@@H]4CCOC4)c3)c(C#N)c21. The highest BCUT2D eigenvalue weighted by Crippen LogP contribution is 2.50. The molecule has 1 spiro atoms. The number of hydrogen-bond donors (Lipinski definition) is 2. The fraction of sp³-hybridized carbons (Fsp3) is 0.407. The average Bonchev–Trinajstić information content (AvgIpc) is 3.69. The van der Waals surface area contributed by atoms with Crippen LogP contribution in [0.5, 0.6) is 11.5 Å². The maximum absolute atomic E-state index is 12.2. The first kappa shape index (κ1) is 24.3. The topological polar surface area (TPSA) is 154 Å². The number of aryl methyl sites for hydroxylation is 2. The van der Waals surface area contributed by atoms with Crippen LogP contribution in [0.15, 0.2) is 30.6 Å². The van der Waals surface area contributed by atoms with Gasteiger partial charge in [-0.25, -0.2) is 14.8 Å². The minimum Gasteiger partial charge on any atom is -0.454 e. The highest BCUT2D eigenvalue weighted by Gasteiger charge is 2.45. The van der Waals surface area contributed by atoms with Crippen molar-refractivity contribution in [2.75, 3.05) is 23.8 Å². The van der Waals surface area contributed by atoms with Gasteiger partial charge in [0.1, 0.15) is 34.8 Å². The smallest absolute Gasteiger partial charge is 0.413 e. The van der Waals surface area contributed by atoms with Gasteiger partial charge in [-0.2, -0.15) is 15.3 Å². The molecule has 4 aromatic rings. The van der Waals surface area contributed by atoms with Crippen molar-refractivity contribution in [1.82, 2.24) is 29.3 Å². The molecule has 1 saturated carbocycles. The van der Waals surface area contributed by atoms with Crippen molar-refractivity contribution in [3.63, 3.8) is 0 Å². The highest BCUT2D eigenvalue weighted by atomic mass is 16.6. The molecular formula is C27H27N9O4. The Labute approximate surface area is 229 Å². The summed E-state index contributed by atoms with van der Waals surface area (Å²) < 4.78 is 20.4. The molecule has 3 aliphatic rings. The van der Waals surface area contributed by atoms with Crippen molar-refractivity contribution >= 4 is 34.8 Å². The number of ether oxygens (including phenoxy) is 3. The summed E-state index contributed by atoms with van der Waals surface area (Å²) >= 11 is 0. The molecule has 1 aliphatic carbocycles. The number of anilines is 3. The molecule has 1 saturated heterocycles. The van der Waals surface area contributed by atoms with E-state index in [4.69, 9.17) is 19.3 Å². The number of hydrogen-bond acceptors (Lipinski definition) is 10. The number of nitrogens with one attached hydrogen (secondary N) is 2. The van der Waals surface area contributed by atoms with Crippen LogP contribution in [-0.2, 0) is 28.5 Å². The van der Waals surface area contributed by atoms with Gasteiger partial charge in [-0.15, -0.1) is 0 Å². The van der Waals surface area contributed by atoms with E-state index in [1.807, 2.05) is 7.05 Å². The Morgan fingerprint density at radius 3 is 2.92 bits per heavy atom. The molecular weight excluding hydrogens is 514 g/mol. The van der Waals surface area contributed by atoms with Crippen LogP contribution < -0.4 is 15.4 Å². The van der Waals surface area contributed by atoms with E-state index in [9.17, 15) is 10.1 Å². The number of carbonyl (C=O) groups is 1. The quantitative estimate of drug-likeness (QED) is 0.364. The lowest BCUT2D eigenvalue weighted by atomic mass is 9.66. The number of imidazole rings is 1. The lowest BCUT2D eigenvalue weighted by Crippen LogP contribution is -2.31. The van der Waals surface area contributed by atoms with E-state index in [-0.39, 0.29) is 28.6 Å². The molecule has 2 N–H and O–H groups in total. The van der Waals surface area contributed by atoms with Crippen LogP contribution in [0.1, 0.15) is 43.4 Å². The molecule has 4 aromatic heterocycles. The van der Waals surface area contributed by atoms with Crippen molar-refractivity contribution in [2.24, 2.45) is 7.05 Å². The van der Waals surface area contributed by atoms with Crippen LogP contribution in [0, 0.1) is 11.3 Å². The molecule has 1 amide bonds. The number of nitriles is 1. The Bertz CT molecular complexity index is 1660. The van der Waals surface area contributed by atoms with Crippen molar-refractivity contribution < 1.29 is 19.0 Å². The molecule has 13 nitrogen and oxygen atoms in total. The minimum atomic E-state index is -0.623. The second-order valence-electron chi connectivity index (χ2n) is 10.4. The largest absolute Gasteiger partial charge is 0.454 e. The molecule has 0 unspecified atom stereocenters. The monoisotopic (exact) mass is 541 g/mol. The first-order chi connectivity index (χ1) is 19.5. The number of aromatic nitrogens is 6. The van der Waals surface area contributed by atoms with E-state index >= 15 is 0 Å². The van der Waals surface area contributed by atoms with E-state index < -0.39 is 6.09 Å². The predicted molar refractivity (Wildman–Crippen MR) is 143 cm³/mol. The van der Waals surface area contributed by atoms with Gasteiger partial charge in [0.2, 0.25) is 5.95 Å².